The van der Waals surface area contributed by atoms with E-state index in [1.54, 1.807) is 37.4 Å². The highest BCUT2D eigenvalue weighted by molar-refractivity contribution is 7.84. The molecule has 1 aliphatic heterocycles. The fraction of sp³-hybridized carbons (Fsp3) is 0.250. The molecule has 6 rings (SSSR count). The van der Waals surface area contributed by atoms with Crippen molar-refractivity contribution >= 4 is 27.7 Å². The van der Waals surface area contributed by atoms with Crippen LogP contribution in [0.15, 0.2) is 59.6 Å². The number of fused-ring (bicyclic) bond motifs is 2. The van der Waals surface area contributed by atoms with Gasteiger partial charge in [0.05, 0.1) is 33.3 Å². The number of aromatic amines is 1. The van der Waals surface area contributed by atoms with Crippen molar-refractivity contribution < 1.29 is 32.0 Å². The second-order valence-electron chi connectivity index (χ2n) is 10.9. The van der Waals surface area contributed by atoms with Crippen LogP contribution < -0.4 is 10.1 Å². The normalized spacial score (nSPS) is 16.1. The van der Waals surface area contributed by atoms with Gasteiger partial charge in [0.2, 0.25) is 0 Å². The molecule has 12 heteroatoms. The zero-order valence-corrected chi connectivity index (χ0v) is 24.9. The lowest BCUT2D eigenvalue weighted by Crippen LogP contribution is -2.35. The van der Waals surface area contributed by atoms with Gasteiger partial charge >= 0.3 is 5.97 Å². The number of nitrogens with one attached hydrogen (secondary N) is 2. The van der Waals surface area contributed by atoms with E-state index in [9.17, 15) is 14.1 Å². The van der Waals surface area contributed by atoms with Crippen LogP contribution in [-0.2, 0) is 28.6 Å². The smallest absolute Gasteiger partial charge is 0.306 e. The average molecular weight is 623 g/mol. The Labute approximate surface area is 253 Å². The number of ether oxygens (including phenoxy) is 1. The molecule has 8 nitrogen and oxygen atoms in total. The van der Waals surface area contributed by atoms with Gasteiger partial charge in [-0.05, 0) is 43.2 Å². The van der Waals surface area contributed by atoms with Crippen LogP contribution in [0.3, 0.4) is 0 Å². The molecule has 3 atom stereocenters. The first-order valence-electron chi connectivity index (χ1n) is 14.0. The first-order chi connectivity index (χ1) is 21.0. The quantitative estimate of drug-likeness (QED) is 0.189. The van der Waals surface area contributed by atoms with Crippen LogP contribution in [0.2, 0.25) is 0 Å². The fourth-order valence-electron chi connectivity index (χ4n) is 5.74. The number of hydrogen-bond acceptors (Lipinski definition) is 5. The van der Waals surface area contributed by atoms with Crippen LogP contribution >= 0.6 is 0 Å². The van der Waals surface area contributed by atoms with E-state index in [4.69, 9.17) is 9.72 Å². The molecule has 0 fully saturated rings. The number of aliphatic carboxylic acids is 1. The Hall–Kier alpha value is -4.42. The number of imidazole rings is 1. The molecule has 0 radical (unpaired) electrons. The summed E-state index contributed by atoms with van der Waals surface area (Å²) in [5.74, 6) is -3.22. The summed E-state index contributed by atoms with van der Waals surface area (Å²) in [6.45, 7) is 4.32. The molecule has 0 saturated carbocycles. The fourth-order valence-corrected chi connectivity index (χ4v) is 6.63. The van der Waals surface area contributed by atoms with Gasteiger partial charge in [-0.2, -0.15) is 0 Å². The molecule has 1 aliphatic rings. The predicted octanol–water partition coefficient (Wildman–Crippen LogP) is 6.24. The van der Waals surface area contributed by atoms with Gasteiger partial charge in [-0.3, -0.25) is 9.00 Å². The van der Waals surface area contributed by atoms with Crippen LogP contribution in [0.25, 0.3) is 22.2 Å². The number of H-pyrrole nitrogens is 1. The zero-order chi connectivity index (χ0) is 31.3. The Bertz CT molecular complexity index is 1950. The minimum atomic E-state index is -1.60. The topological polar surface area (TPSA) is 109 Å². The maximum Gasteiger partial charge on any atom is 0.306 e. The summed E-state index contributed by atoms with van der Waals surface area (Å²) in [4.78, 5) is 19.2. The van der Waals surface area contributed by atoms with Crippen molar-refractivity contribution in [2.75, 3.05) is 12.8 Å². The first-order valence-corrected chi connectivity index (χ1v) is 15.5. The molecule has 5 aromatic rings. The van der Waals surface area contributed by atoms with E-state index in [-0.39, 0.29) is 33.9 Å². The van der Waals surface area contributed by atoms with Crippen LogP contribution in [-0.4, -0.2) is 42.6 Å². The minimum Gasteiger partial charge on any atom is -0.481 e. The third-order valence-corrected chi connectivity index (χ3v) is 8.96. The highest BCUT2D eigenvalue weighted by Gasteiger charge is 2.31. The van der Waals surface area contributed by atoms with Crippen molar-refractivity contribution in [2.24, 2.45) is 5.92 Å². The highest BCUT2D eigenvalue weighted by atomic mass is 32.2. The predicted molar refractivity (Wildman–Crippen MR) is 160 cm³/mol. The van der Waals surface area contributed by atoms with E-state index in [1.807, 2.05) is 4.57 Å². The van der Waals surface area contributed by atoms with Crippen molar-refractivity contribution in [3.05, 3.63) is 94.8 Å². The van der Waals surface area contributed by atoms with Crippen molar-refractivity contribution in [3.63, 3.8) is 0 Å². The number of carboxylic acid groups (broad SMARTS) is 1. The van der Waals surface area contributed by atoms with Gasteiger partial charge < -0.3 is 24.7 Å². The van der Waals surface area contributed by atoms with E-state index >= 15 is 13.2 Å². The minimum absolute atomic E-state index is 0.0311. The van der Waals surface area contributed by atoms with Crippen LogP contribution in [0, 0.1) is 30.3 Å². The molecule has 228 valence electrons. The summed E-state index contributed by atoms with van der Waals surface area (Å²) in [6.07, 6.45) is 3.08. The third kappa shape index (κ3) is 5.17. The number of halogens is 3. The molecule has 44 heavy (non-hydrogen) atoms. The summed E-state index contributed by atoms with van der Waals surface area (Å²) in [7, 11) is -1.60. The SMILES string of the molecule is Cc1c(-c2cc(Oc3c(F)cc4[nH]ccc4c3S(C)=O)ccc2F)nc2n1CCNC2c1cccc(CC(C)C(=O)O)c1F. The molecule has 3 N–H and O–H groups in total. The summed E-state index contributed by atoms with van der Waals surface area (Å²) in [6, 6.07) is 11.1. The van der Waals surface area contributed by atoms with E-state index in [2.05, 4.69) is 10.3 Å². The Morgan fingerprint density at radius 3 is 2.73 bits per heavy atom. The molecule has 3 heterocycles. The molecule has 3 unspecified atom stereocenters. The van der Waals surface area contributed by atoms with Gasteiger partial charge in [0.25, 0.3) is 0 Å². The molecule has 2 aromatic heterocycles. The Balaban J connectivity index is 1.39. The number of hydrogen-bond donors (Lipinski definition) is 3. The lowest BCUT2D eigenvalue weighted by molar-refractivity contribution is -0.141. The number of carbonyl (C=O) groups is 1. The van der Waals surface area contributed by atoms with Gasteiger partial charge in [-0.1, -0.05) is 25.1 Å². The molecule has 0 aliphatic carbocycles. The lowest BCUT2D eigenvalue weighted by atomic mass is 9.95. The van der Waals surface area contributed by atoms with E-state index in [1.165, 1.54) is 37.4 Å². The number of aromatic nitrogens is 3. The maximum absolute atomic E-state index is 15.7. The molecule has 0 bridgehead atoms. The summed E-state index contributed by atoms with van der Waals surface area (Å²) >= 11 is 0. The largest absolute Gasteiger partial charge is 0.481 e. The second kappa shape index (κ2) is 11.6. The standard InChI is InChI=1S/C32H29F3N4O4S/c1-16(32(40)41)13-18-5-4-6-21(26(18)35)28-31-38-27(17(2)39(31)12-11-37-28)22-14-19(7-8-23(22)33)43-29-24(34)15-25-20(9-10-36-25)30(29)44(3)42/h4-10,14-16,28,36-37H,11-13H2,1-3H3,(H,40,41). The molecule has 3 aromatic carbocycles. The molecular weight excluding hydrogens is 593 g/mol. The number of benzene rings is 3. The van der Waals surface area contributed by atoms with Crippen molar-refractivity contribution in [2.45, 2.75) is 37.8 Å². The van der Waals surface area contributed by atoms with Crippen molar-refractivity contribution in [3.8, 4) is 22.8 Å². The Kier molecular flexibility index (Phi) is 7.80. The van der Waals surface area contributed by atoms with Gasteiger partial charge in [0, 0.05) is 59.3 Å². The van der Waals surface area contributed by atoms with Gasteiger partial charge in [0.1, 0.15) is 23.2 Å². The van der Waals surface area contributed by atoms with Gasteiger partial charge in [-0.15, -0.1) is 0 Å². The molecule has 0 spiro atoms. The molecule has 0 amide bonds. The summed E-state index contributed by atoms with van der Waals surface area (Å²) in [5.41, 5.74) is 2.13. The Morgan fingerprint density at radius 1 is 1.18 bits per heavy atom. The van der Waals surface area contributed by atoms with Gasteiger partial charge in [0.15, 0.2) is 11.6 Å². The van der Waals surface area contributed by atoms with Crippen LogP contribution in [0.4, 0.5) is 13.2 Å². The molecule has 0 saturated heterocycles. The number of carboxylic acids is 1. The number of nitrogens with zero attached hydrogens (tertiary/aromatic N) is 2. The lowest BCUT2D eigenvalue weighted by Gasteiger charge is -2.27. The van der Waals surface area contributed by atoms with E-state index in [0.29, 0.717) is 46.8 Å². The third-order valence-electron chi connectivity index (χ3n) is 7.98. The average Bonchev–Trinajstić information content (AvgIpc) is 3.59. The Morgan fingerprint density at radius 2 is 1.98 bits per heavy atom. The van der Waals surface area contributed by atoms with Crippen molar-refractivity contribution in [1.82, 2.24) is 19.9 Å². The van der Waals surface area contributed by atoms with Gasteiger partial charge in [-0.25, -0.2) is 18.2 Å². The zero-order valence-electron chi connectivity index (χ0n) is 24.1. The van der Waals surface area contributed by atoms with E-state index < -0.39 is 46.2 Å². The first kappa shape index (κ1) is 29.6. The second-order valence-corrected chi connectivity index (χ2v) is 12.2. The summed E-state index contributed by atoms with van der Waals surface area (Å²) in [5, 5.41) is 13.2. The van der Waals surface area contributed by atoms with Crippen molar-refractivity contribution in [1.29, 1.82) is 0 Å². The van der Waals surface area contributed by atoms with Crippen LogP contribution in [0.5, 0.6) is 11.5 Å². The molecular formula is C32H29F3N4O4S. The number of rotatable bonds is 8. The van der Waals surface area contributed by atoms with Crippen LogP contribution in [0.1, 0.15) is 35.6 Å². The summed E-state index contributed by atoms with van der Waals surface area (Å²) < 4.78 is 66.7. The monoisotopic (exact) mass is 622 g/mol. The highest BCUT2D eigenvalue weighted by Crippen LogP contribution is 2.39. The van der Waals surface area contributed by atoms with E-state index in [0.717, 1.165) is 0 Å². The maximum atomic E-state index is 15.7.